The molecule has 1 saturated heterocycles. The standard InChI is InChI=1S/C13H22N4/c1-3-4-7-16-8-10-17(11-9-16)13-5-6-14-12(2)15-13/h5-6H,3-4,7-11H2,1-2H3. The van der Waals surface area contributed by atoms with Crippen molar-refractivity contribution in [1.29, 1.82) is 0 Å². The van der Waals surface area contributed by atoms with Crippen LogP contribution >= 0.6 is 0 Å². The van der Waals surface area contributed by atoms with Crippen molar-refractivity contribution in [3.8, 4) is 0 Å². The Bertz CT molecular complexity index is 345. The third kappa shape index (κ3) is 3.40. The molecule has 1 aliphatic heterocycles. The summed E-state index contributed by atoms with van der Waals surface area (Å²) < 4.78 is 0. The maximum Gasteiger partial charge on any atom is 0.132 e. The van der Waals surface area contributed by atoms with Crippen LogP contribution in [-0.4, -0.2) is 47.6 Å². The van der Waals surface area contributed by atoms with E-state index in [1.807, 2.05) is 19.2 Å². The predicted molar refractivity (Wildman–Crippen MR) is 70.3 cm³/mol. The molecule has 1 aliphatic rings. The maximum absolute atomic E-state index is 4.48. The van der Waals surface area contributed by atoms with Crippen LogP contribution in [0.3, 0.4) is 0 Å². The zero-order chi connectivity index (χ0) is 12.1. The Morgan fingerprint density at radius 2 is 2.00 bits per heavy atom. The van der Waals surface area contributed by atoms with Gasteiger partial charge >= 0.3 is 0 Å². The molecule has 1 fully saturated rings. The summed E-state index contributed by atoms with van der Waals surface area (Å²) in [7, 11) is 0. The van der Waals surface area contributed by atoms with E-state index in [0.29, 0.717) is 0 Å². The molecule has 0 amide bonds. The average molecular weight is 234 g/mol. The molecule has 4 nitrogen and oxygen atoms in total. The van der Waals surface area contributed by atoms with Gasteiger partial charge in [0.2, 0.25) is 0 Å². The highest BCUT2D eigenvalue weighted by atomic mass is 15.3. The Balaban J connectivity index is 1.86. The molecule has 1 aromatic heterocycles. The zero-order valence-electron chi connectivity index (χ0n) is 10.9. The number of aromatic nitrogens is 2. The molecule has 0 saturated carbocycles. The summed E-state index contributed by atoms with van der Waals surface area (Å²) in [5.41, 5.74) is 0. The fraction of sp³-hybridized carbons (Fsp3) is 0.692. The second kappa shape index (κ2) is 5.96. The van der Waals surface area contributed by atoms with Crippen molar-refractivity contribution in [3.05, 3.63) is 18.1 Å². The Kier molecular flexibility index (Phi) is 4.31. The lowest BCUT2D eigenvalue weighted by Crippen LogP contribution is -2.46. The summed E-state index contributed by atoms with van der Waals surface area (Å²) in [6.45, 7) is 9.92. The molecule has 2 heterocycles. The highest BCUT2D eigenvalue weighted by Gasteiger charge is 2.17. The average Bonchev–Trinajstić information content (AvgIpc) is 2.37. The van der Waals surface area contributed by atoms with Crippen LogP contribution in [0.15, 0.2) is 12.3 Å². The van der Waals surface area contributed by atoms with E-state index in [1.165, 1.54) is 19.4 Å². The van der Waals surface area contributed by atoms with Gasteiger partial charge in [0, 0.05) is 32.4 Å². The van der Waals surface area contributed by atoms with Crippen molar-refractivity contribution in [2.45, 2.75) is 26.7 Å². The molecule has 17 heavy (non-hydrogen) atoms. The van der Waals surface area contributed by atoms with Gasteiger partial charge in [0.25, 0.3) is 0 Å². The SMILES string of the molecule is CCCCN1CCN(c2ccnc(C)n2)CC1. The third-order valence-electron chi connectivity index (χ3n) is 3.29. The fourth-order valence-electron chi connectivity index (χ4n) is 2.20. The fourth-order valence-corrected chi connectivity index (χ4v) is 2.20. The number of piperazine rings is 1. The lowest BCUT2D eigenvalue weighted by atomic mass is 10.2. The third-order valence-corrected chi connectivity index (χ3v) is 3.29. The Morgan fingerprint density at radius 3 is 2.65 bits per heavy atom. The number of anilines is 1. The van der Waals surface area contributed by atoms with Crippen LogP contribution in [-0.2, 0) is 0 Å². The summed E-state index contributed by atoms with van der Waals surface area (Å²) in [6.07, 6.45) is 4.44. The molecule has 0 spiro atoms. The van der Waals surface area contributed by atoms with Gasteiger partial charge in [-0.2, -0.15) is 0 Å². The molecule has 0 aromatic carbocycles. The molecular formula is C13H22N4. The van der Waals surface area contributed by atoms with Crippen LogP contribution in [0.2, 0.25) is 0 Å². The van der Waals surface area contributed by atoms with E-state index in [4.69, 9.17) is 0 Å². The number of rotatable bonds is 4. The number of unbranched alkanes of at least 4 members (excludes halogenated alkanes) is 1. The van der Waals surface area contributed by atoms with Crippen LogP contribution in [0.5, 0.6) is 0 Å². The van der Waals surface area contributed by atoms with Crippen molar-refractivity contribution in [1.82, 2.24) is 14.9 Å². The van der Waals surface area contributed by atoms with Crippen LogP contribution in [0.1, 0.15) is 25.6 Å². The summed E-state index contributed by atoms with van der Waals surface area (Å²) in [6, 6.07) is 2.01. The summed E-state index contributed by atoms with van der Waals surface area (Å²) >= 11 is 0. The van der Waals surface area contributed by atoms with E-state index < -0.39 is 0 Å². The Morgan fingerprint density at radius 1 is 1.24 bits per heavy atom. The molecule has 0 atom stereocenters. The van der Waals surface area contributed by atoms with E-state index in [2.05, 4.69) is 26.7 Å². The van der Waals surface area contributed by atoms with Crippen LogP contribution < -0.4 is 4.90 Å². The lowest BCUT2D eigenvalue weighted by molar-refractivity contribution is 0.253. The topological polar surface area (TPSA) is 32.3 Å². The van der Waals surface area contributed by atoms with E-state index in [0.717, 1.165) is 37.8 Å². The normalized spacial score (nSPS) is 17.4. The molecule has 0 aliphatic carbocycles. The van der Waals surface area contributed by atoms with Gasteiger partial charge in [-0.1, -0.05) is 13.3 Å². The summed E-state index contributed by atoms with van der Waals surface area (Å²) in [5.74, 6) is 1.93. The molecule has 0 unspecified atom stereocenters. The lowest BCUT2D eigenvalue weighted by Gasteiger charge is -2.35. The number of aryl methyl sites for hydroxylation is 1. The summed E-state index contributed by atoms with van der Waals surface area (Å²) in [4.78, 5) is 13.5. The second-order valence-corrected chi connectivity index (χ2v) is 4.64. The van der Waals surface area contributed by atoms with Crippen LogP contribution in [0.25, 0.3) is 0 Å². The quantitative estimate of drug-likeness (QED) is 0.794. The minimum atomic E-state index is 0.857. The van der Waals surface area contributed by atoms with Gasteiger partial charge in [0.05, 0.1) is 0 Å². The highest BCUT2D eigenvalue weighted by Crippen LogP contribution is 2.13. The van der Waals surface area contributed by atoms with Crippen LogP contribution in [0.4, 0.5) is 5.82 Å². The van der Waals surface area contributed by atoms with E-state index >= 15 is 0 Å². The van der Waals surface area contributed by atoms with Crippen molar-refractivity contribution in [2.24, 2.45) is 0 Å². The molecule has 2 rings (SSSR count). The van der Waals surface area contributed by atoms with E-state index in [1.54, 1.807) is 0 Å². The first-order chi connectivity index (χ1) is 8.29. The minimum absolute atomic E-state index is 0.857. The molecule has 4 heteroatoms. The smallest absolute Gasteiger partial charge is 0.132 e. The molecule has 94 valence electrons. The zero-order valence-corrected chi connectivity index (χ0v) is 10.9. The molecule has 0 bridgehead atoms. The van der Waals surface area contributed by atoms with E-state index in [-0.39, 0.29) is 0 Å². The van der Waals surface area contributed by atoms with Gasteiger partial charge in [0.1, 0.15) is 11.6 Å². The highest BCUT2D eigenvalue weighted by molar-refractivity contribution is 5.37. The van der Waals surface area contributed by atoms with Crippen molar-refractivity contribution in [2.75, 3.05) is 37.6 Å². The largest absolute Gasteiger partial charge is 0.354 e. The Hall–Kier alpha value is -1.16. The molecule has 0 radical (unpaired) electrons. The number of nitrogens with zero attached hydrogens (tertiary/aromatic N) is 4. The van der Waals surface area contributed by atoms with Crippen molar-refractivity contribution < 1.29 is 0 Å². The molecular weight excluding hydrogens is 212 g/mol. The predicted octanol–water partition coefficient (Wildman–Crippen LogP) is 1.71. The first-order valence-corrected chi connectivity index (χ1v) is 6.56. The van der Waals surface area contributed by atoms with E-state index in [9.17, 15) is 0 Å². The van der Waals surface area contributed by atoms with Gasteiger partial charge in [0.15, 0.2) is 0 Å². The van der Waals surface area contributed by atoms with Gasteiger partial charge in [-0.05, 0) is 26.0 Å². The van der Waals surface area contributed by atoms with Crippen molar-refractivity contribution in [3.63, 3.8) is 0 Å². The van der Waals surface area contributed by atoms with Gasteiger partial charge in [-0.15, -0.1) is 0 Å². The minimum Gasteiger partial charge on any atom is -0.354 e. The summed E-state index contributed by atoms with van der Waals surface area (Å²) in [5, 5.41) is 0. The van der Waals surface area contributed by atoms with Crippen LogP contribution in [0, 0.1) is 6.92 Å². The monoisotopic (exact) mass is 234 g/mol. The first-order valence-electron chi connectivity index (χ1n) is 6.56. The molecule has 0 N–H and O–H groups in total. The Labute approximate surface area is 104 Å². The molecule has 1 aromatic rings. The number of hydrogen-bond donors (Lipinski definition) is 0. The second-order valence-electron chi connectivity index (χ2n) is 4.64. The first kappa shape index (κ1) is 12.3. The van der Waals surface area contributed by atoms with Gasteiger partial charge < -0.3 is 4.90 Å². The maximum atomic E-state index is 4.48. The van der Waals surface area contributed by atoms with Crippen molar-refractivity contribution >= 4 is 5.82 Å². The number of hydrogen-bond acceptors (Lipinski definition) is 4. The van der Waals surface area contributed by atoms with Gasteiger partial charge in [-0.3, -0.25) is 4.90 Å². The van der Waals surface area contributed by atoms with Gasteiger partial charge in [-0.25, -0.2) is 9.97 Å².